The molecule has 0 saturated heterocycles. The molecule has 4 nitrogen and oxygen atoms in total. The Hall–Kier alpha value is -1.13. The fourth-order valence-electron chi connectivity index (χ4n) is 1.25. The van der Waals surface area contributed by atoms with Gasteiger partial charge in [0.15, 0.2) is 0 Å². The van der Waals surface area contributed by atoms with Crippen molar-refractivity contribution in [3.05, 3.63) is 24.0 Å². The Morgan fingerprint density at radius 1 is 1.33 bits per heavy atom. The summed E-state index contributed by atoms with van der Waals surface area (Å²) in [5, 5.41) is 0. The molecule has 1 rings (SSSR count). The maximum Gasteiger partial charge on any atom is 0.137 e. The highest BCUT2D eigenvalue weighted by molar-refractivity contribution is 5.27. The molecule has 0 aliphatic heterocycles. The van der Waals surface area contributed by atoms with Crippen molar-refractivity contribution in [3.63, 3.8) is 0 Å². The van der Waals surface area contributed by atoms with E-state index in [9.17, 15) is 0 Å². The minimum atomic E-state index is -0.423. The maximum absolute atomic E-state index is 6.09. The van der Waals surface area contributed by atoms with E-state index >= 15 is 0 Å². The van der Waals surface area contributed by atoms with Gasteiger partial charge in [-0.3, -0.25) is 4.98 Å². The molecule has 1 heterocycles. The number of rotatable bonds is 4. The lowest BCUT2D eigenvalue weighted by molar-refractivity contribution is -0.000151. The fourth-order valence-corrected chi connectivity index (χ4v) is 1.25. The number of aromatic nitrogens is 1. The molecule has 0 aliphatic rings. The first kappa shape index (κ1) is 11.9. The van der Waals surface area contributed by atoms with Crippen LogP contribution in [-0.4, -0.2) is 24.8 Å². The summed E-state index contributed by atoms with van der Waals surface area (Å²) in [5.41, 5.74) is 6.57. The van der Waals surface area contributed by atoms with Gasteiger partial charge >= 0.3 is 0 Å². The molecule has 1 aromatic rings. The van der Waals surface area contributed by atoms with E-state index in [1.54, 1.807) is 26.6 Å². The molecule has 0 amide bonds. The quantitative estimate of drug-likeness (QED) is 0.818. The van der Waals surface area contributed by atoms with Gasteiger partial charge in [-0.25, -0.2) is 0 Å². The van der Waals surface area contributed by atoms with Gasteiger partial charge in [-0.15, -0.1) is 0 Å². The Morgan fingerprint density at radius 2 is 2.00 bits per heavy atom. The van der Waals surface area contributed by atoms with Crippen LogP contribution in [0.4, 0.5) is 0 Å². The largest absolute Gasteiger partial charge is 0.495 e. The Balaban J connectivity index is 2.95. The van der Waals surface area contributed by atoms with E-state index in [0.29, 0.717) is 5.75 Å². The highest BCUT2D eigenvalue weighted by atomic mass is 16.5. The predicted molar refractivity (Wildman–Crippen MR) is 58.8 cm³/mol. The third kappa shape index (κ3) is 2.67. The van der Waals surface area contributed by atoms with Gasteiger partial charge in [0, 0.05) is 13.3 Å². The number of hydrogen-bond donors (Lipinski definition) is 1. The van der Waals surface area contributed by atoms with Gasteiger partial charge in [-0.05, 0) is 25.5 Å². The van der Waals surface area contributed by atoms with E-state index in [4.69, 9.17) is 15.2 Å². The van der Waals surface area contributed by atoms with Crippen LogP contribution >= 0.6 is 0 Å². The summed E-state index contributed by atoms with van der Waals surface area (Å²) in [4.78, 5) is 4.06. The van der Waals surface area contributed by atoms with Crippen molar-refractivity contribution < 1.29 is 9.47 Å². The van der Waals surface area contributed by atoms with Crippen molar-refractivity contribution in [2.75, 3.05) is 14.2 Å². The van der Waals surface area contributed by atoms with Crippen LogP contribution in [0.25, 0.3) is 0 Å². The molecule has 84 valence electrons. The van der Waals surface area contributed by atoms with E-state index in [0.717, 1.165) is 5.56 Å². The first-order chi connectivity index (χ1) is 7.01. The number of pyridine rings is 1. The van der Waals surface area contributed by atoms with Crippen molar-refractivity contribution in [2.24, 2.45) is 5.73 Å². The van der Waals surface area contributed by atoms with Crippen LogP contribution in [0.1, 0.15) is 25.5 Å². The number of nitrogens with zero attached hydrogens (tertiary/aromatic N) is 1. The lowest BCUT2D eigenvalue weighted by Gasteiger charge is -2.30. The van der Waals surface area contributed by atoms with E-state index in [2.05, 4.69) is 4.98 Å². The van der Waals surface area contributed by atoms with Gasteiger partial charge in [-0.2, -0.15) is 0 Å². The SMILES string of the molecule is COc1cncc(C(N)C(C)(C)OC)c1. The molecule has 1 atom stereocenters. The summed E-state index contributed by atoms with van der Waals surface area (Å²) >= 11 is 0. The number of ether oxygens (including phenoxy) is 2. The highest BCUT2D eigenvalue weighted by Gasteiger charge is 2.27. The molecule has 15 heavy (non-hydrogen) atoms. The Labute approximate surface area is 90.4 Å². The summed E-state index contributed by atoms with van der Waals surface area (Å²) in [7, 11) is 3.25. The molecule has 4 heteroatoms. The van der Waals surface area contributed by atoms with Crippen LogP contribution in [0, 0.1) is 0 Å². The predicted octanol–water partition coefficient (Wildman–Crippen LogP) is 1.51. The zero-order chi connectivity index (χ0) is 11.5. The summed E-state index contributed by atoms with van der Waals surface area (Å²) < 4.78 is 10.4. The van der Waals surface area contributed by atoms with Gasteiger partial charge in [0.1, 0.15) is 5.75 Å². The second-order valence-electron chi connectivity index (χ2n) is 3.94. The molecule has 1 aromatic heterocycles. The lowest BCUT2D eigenvalue weighted by Crippen LogP contribution is -2.37. The van der Waals surface area contributed by atoms with Crippen molar-refractivity contribution in [2.45, 2.75) is 25.5 Å². The molecule has 1 unspecified atom stereocenters. The molecule has 0 aliphatic carbocycles. The van der Waals surface area contributed by atoms with Gasteiger partial charge in [0.2, 0.25) is 0 Å². The highest BCUT2D eigenvalue weighted by Crippen LogP contribution is 2.27. The lowest BCUT2D eigenvalue weighted by atomic mass is 9.93. The summed E-state index contributed by atoms with van der Waals surface area (Å²) in [5.74, 6) is 0.704. The van der Waals surface area contributed by atoms with Gasteiger partial charge < -0.3 is 15.2 Å². The van der Waals surface area contributed by atoms with Gasteiger partial charge in [0.25, 0.3) is 0 Å². The molecule has 0 fully saturated rings. The van der Waals surface area contributed by atoms with Crippen LogP contribution in [0.15, 0.2) is 18.5 Å². The number of methoxy groups -OCH3 is 2. The number of nitrogens with two attached hydrogens (primary N) is 1. The van der Waals surface area contributed by atoms with E-state index in [1.165, 1.54) is 0 Å². The van der Waals surface area contributed by atoms with Crippen LogP contribution in [0.3, 0.4) is 0 Å². The topological polar surface area (TPSA) is 57.4 Å². The van der Waals surface area contributed by atoms with E-state index < -0.39 is 5.60 Å². The molecule has 0 aromatic carbocycles. The maximum atomic E-state index is 6.09. The third-order valence-electron chi connectivity index (χ3n) is 2.60. The summed E-state index contributed by atoms with van der Waals surface area (Å²) in [6, 6.07) is 1.64. The third-order valence-corrected chi connectivity index (χ3v) is 2.60. The molecular formula is C11H18N2O2. The zero-order valence-corrected chi connectivity index (χ0v) is 9.65. The van der Waals surface area contributed by atoms with Crippen LogP contribution in [0.5, 0.6) is 5.75 Å². The average Bonchev–Trinajstić information content (AvgIpc) is 2.28. The summed E-state index contributed by atoms with van der Waals surface area (Å²) in [6.07, 6.45) is 3.38. The van der Waals surface area contributed by atoms with Crippen LogP contribution in [0.2, 0.25) is 0 Å². The molecule has 0 radical (unpaired) electrons. The van der Waals surface area contributed by atoms with Gasteiger partial charge in [-0.1, -0.05) is 0 Å². The van der Waals surface area contributed by atoms with Crippen LogP contribution < -0.4 is 10.5 Å². The van der Waals surface area contributed by atoms with E-state index in [1.807, 2.05) is 19.9 Å². The minimum absolute atomic E-state index is 0.231. The first-order valence-corrected chi connectivity index (χ1v) is 4.81. The molecule has 0 bridgehead atoms. The van der Waals surface area contributed by atoms with Crippen molar-refractivity contribution in [3.8, 4) is 5.75 Å². The minimum Gasteiger partial charge on any atom is -0.495 e. The van der Waals surface area contributed by atoms with Gasteiger partial charge in [0.05, 0.1) is 24.9 Å². The monoisotopic (exact) mass is 210 g/mol. The van der Waals surface area contributed by atoms with Crippen molar-refractivity contribution in [1.82, 2.24) is 4.98 Å². The normalized spacial score (nSPS) is 13.7. The second kappa shape index (κ2) is 4.59. The molecule has 0 spiro atoms. The average molecular weight is 210 g/mol. The number of hydrogen-bond acceptors (Lipinski definition) is 4. The van der Waals surface area contributed by atoms with Crippen molar-refractivity contribution >= 4 is 0 Å². The summed E-state index contributed by atoms with van der Waals surface area (Å²) in [6.45, 7) is 3.88. The Bertz CT molecular complexity index is 326. The second-order valence-corrected chi connectivity index (χ2v) is 3.94. The van der Waals surface area contributed by atoms with E-state index in [-0.39, 0.29) is 6.04 Å². The smallest absolute Gasteiger partial charge is 0.137 e. The zero-order valence-electron chi connectivity index (χ0n) is 9.65. The van der Waals surface area contributed by atoms with Crippen molar-refractivity contribution in [1.29, 1.82) is 0 Å². The molecular weight excluding hydrogens is 192 g/mol. The molecule has 2 N–H and O–H groups in total. The Morgan fingerprint density at radius 3 is 2.53 bits per heavy atom. The van der Waals surface area contributed by atoms with Crippen LogP contribution in [-0.2, 0) is 4.74 Å². The molecule has 0 saturated carbocycles. The first-order valence-electron chi connectivity index (χ1n) is 4.81. The standard InChI is InChI=1S/C11H18N2O2/c1-11(2,15-4)10(12)8-5-9(14-3)7-13-6-8/h5-7,10H,12H2,1-4H3. The Kier molecular flexibility index (Phi) is 3.66. The fraction of sp³-hybridized carbons (Fsp3) is 0.545.